The summed E-state index contributed by atoms with van der Waals surface area (Å²) < 4.78 is 0. The molecule has 0 aliphatic heterocycles. The predicted octanol–water partition coefficient (Wildman–Crippen LogP) is -0.536. The van der Waals surface area contributed by atoms with Crippen molar-refractivity contribution < 1.29 is 15.0 Å². The summed E-state index contributed by atoms with van der Waals surface area (Å²) >= 11 is 0. The van der Waals surface area contributed by atoms with Crippen LogP contribution < -0.4 is 11.5 Å². The third kappa shape index (κ3) is 29.4. The Morgan fingerprint density at radius 3 is 1.90 bits per heavy atom. The van der Waals surface area contributed by atoms with Gasteiger partial charge in [0.1, 0.15) is 5.76 Å². The number of urea groups is 1. The van der Waals surface area contributed by atoms with Crippen LogP contribution in [0.2, 0.25) is 0 Å². The van der Waals surface area contributed by atoms with Crippen molar-refractivity contribution in [3.05, 3.63) is 11.8 Å². The van der Waals surface area contributed by atoms with E-state index in [0.29, 0.717) is 0 Å². The number of aliphatic hydroxyl groups excluding tert-OH is 2. The first kappa shape index (κ1) is 11.6. The lowest BCUT2D eigenvalue weighted by Gasteiger charge is -1.84. The fourth-order valence-corrected chi connectivity index (χ4v) is 0.0913. The van der Waals surface area contributed by atoms with E-state index in [-0.39, 0.29) is 12.4 Å². The minimum Gasteiger partial charge on any atom is -0.510 e. The summed E-state index contributed by atoms with van der Waals surface area (Å²) in [5, 5.41) is 16.3. The molecule has 0 radical (unpaired) electrons. The van der Waals surface area contributed by atoms with Crippen LogP contribution >= 0.6 is 0 Å². The Labute approximate surface area is 58.9 Å². The molecule has 5 nitrogen and oxygen atoms in total. The molecule has 0 spiro atoms. The molecule has 0 aromatic heterocycles. The molecule has 0 saturated heterocycles. The van der Waals surface area contributed by atoms with Gasteiger partial charge in [0.15, 0.2) is 0 Å². The van der Waals surface area contributed by atoms with Gasteiger partial charge in [-0.2, -0.15) is 0 Å². The van der Waals surface area contributed by atoms with Crippen LogP contribution in [0.25, 0.3) is 0 Å². The van der Waals surface area contributed by atoms with Crippen LogP contribution in [-0.2, 0) is 0 Å². The van der Waals surface area contributed by atoms with Crippen LogP contribution in [0.5, 0.6) is 0 Å². The maximum absolute atomic E-state index is 9.00. The molecule has 0 aliphatic rings. The van der Waals surface area contributed by atoms with Gasteiger partial charge in [0.05, 0.1) is 6.61 Å². The second-order valence-corrected chi connectivity index (χ2v) is 1.34. The highest BCUT2D eigenvalue weighted by Gasteiger charge is 1.77. The summed E-state index contributed by atoms with van der Waals surface area (Å²) in [6, 6.07) is -0.833. The molecule has 0 unspecified atom stereocenters. The molecule has 0 aromatic carbocycles. The van der Waals surface area contributed by atoms with Crippen molar-refractivity contribution in [1.29, 1.82) is 0 Å². The van der Waals surface area contributed by atoms with Crippen LogP contribution in [0.15, 0.2) is 11.8 Å². The van der Waals surface area contributed by atoms with Crippen molar-refractivity contribution in [2.24, 2.45) is 11.5 Å². The first-order valence-electron chi connectivity index (χ1n) is 2.54. The SMILES string of the molecule is CC=C(O)CO.NC(N)=O. The first-order valence-corrected chi connectivity index (χ1v) is 2.54. The maximum Gasteiger partial charge on any atom is 0.309 e. The fourth-order valence-electron chi connectivity index (χ4n) is 0.0913. The van der Waals surface area contributed by atoms with Crippen molar-refractivity contribution in [1.82, 2.24) is 0 Å². The van der Waals surface area contributed by atoms with E-state index in [1.54, 1.807) is 6.92 Å². The number of primary amides is 2. The van der Waals surface area contributed by atoms with E-state index in [1.165, 1.54) is 6.08 Å². The molecule has 0 atom stereocenters. The Balaban J connectivity index is 0. The lowest BCUT2D eigenvalue weighted by molar-refractivity contribution is 0.253. The van der Waals surface area contributed by atoms with Gasteiger partial charge in [-0.05, 0) is 13.0 Å². The van der Waals surface area contributed by atoms with Crippen LogP contribution in [0, 0.1) is 0 Å². The highest BCUT2D eigenvalue weighted by atomic mass is 16.3. The lowest BCUT2D eigenvalue weighted by Crippen LogP contribution is -2.18. The van der Waals surface area contributed by atoms with E-state index >= 15 is 0 Å². The number of allylic oxidation sites excluding steroid dienone is 1. The quantitative estimate of drug-likeness (QED) is 0.375. The fraction of sp³-hybridized carbons (Fsp3) is 0.400. The number of amides is 2. The summed E-state index contributed by atoms with van der Waals surface area (Å²) in [6.45, 7) is 1.40. The average Bonchev–Trinajstić information content (AvgIpc) is 1.85. The first-order chi connectivity index (χ1) is 4.54. The van der Waals surface area contributed by atoms with E-state index in [9.17, 15) is 0 Å². The smallest absolute Gasteiger partial charge is 0.309 e. The van der Waals surface area contributed by atoms with Crippen LogP contribution in [-0.4, -0.2) is 22.9 Å². The predicted molar refractivity (Wildman–Crippen MR) is 37.2 cm³/mol. The highest BCUT2D eigenvalue weighted by molar-refractivity contribution is 5.69. The van der Waals surface area contributed by atoms with Gasteiger partial charge in [-0.3, -0.25) is 0 Å². The molecule has 5 heteroatoms. The van der Waals surface area contributed by atoms with E-state index < -0.39 is 6.03 Å². The van der Waals surface area contributed by atoms with Crippen molar-refractivity contribution in [3.63, 3.8) is 0 Å². The number of carbonyl (C=O) groups excluding carboxylic acids is 1. The standard InChI is InChI=1S/C4H8O2.CH4N2O/c1-2-4(6)3-5;2-1(3)4/h2,5-6H,3H2,1H3;(H4,2,3,4). The van der Waals surface area contributed by atoms with Gasteiger partial charge < -0.3 is 21.7 Å². The van der Waals surface area contributed by atoms with Crippen molar-refractivity contribution in [2.45, 2.75) is 6.92 Å². The van der Waals surface area contributed by atoms with Crippen LogP contribution in [0.4, 0.5) is 4.79 Å². The van der Waals surface area contributed by atoms with Gasteiger partial charge in [-0.1, -0.05) is 0 Å². The summed E-state index contributed by atoms with van der Waals surface area (Å²) in [4.78, 5) is 9.00. The molecule has 0 aromatic rings. The molecule has 6 N–H and O–H groups in total. The van der Waals surface area contributed by atoms with E-state index in [4.69, 9.17) is 15.0 Å². The number of nitrogens with two attached hydrogens (primary N) is 2. The highest BCUT2D eigenvalue weighted by Crippen LogP contribution is 1.79. The number of carbonyl (C=O) groups is 1. The maximum atomic E-state index is 9.00. The molecule has 0 saturated carbocycles. The summed E-state index contributed by atoms with van der Waals surface area (Å²) in [5.41, 5.74) is 8.50. The largest absolute Gasteiger partial charge is 0.510 e. The molecule has 0 fully saturated rings. The van der Waals surface area contributed by atoms with Gasteiger partial charge in [0.2, 0.25) is 0 Å². The van der Waals surface area contributed by atoms with Gasteiger partial charge in [-0.15, -0.1) is 0 Å². The third-order valence-electron chi connectivity index (χ3n) is 0.495. The molecule has 0 rings (SSSR count). The van der Waals surface area contributed by atoms with Crippen molar-refractivity contribution in [2.75, 3.05) is 6.61 Å². The summed E-state index contributed by atoms with van der Waals surface area (Å²) in [5.74, 6) is 0.0231. The number of hydrogen-bond donors (Lipinski definition) is 4. The molecule has 0 aliphatic carbocycles. The molecular formula is C5H12N2O3. The minimum atomic E-state index is -0.833. The van der Waals surface area contributed by atoms with Crippen LogP contribution in [0.3, 0.4) is 0 Å². The van der Waals surface area contributed by atoms with E-state index in [1.807, 2.05) is 0 Å². The minimum absolute atomic E-state index is 0.0231. The molecule has 60 valence electrons. The molecule has 0 bridgehead atoms. The molecule has 2 amide bonds. The normalized spacial score (nSPS) is 9.60. The zero-order valence-corrected chi connectivity index (χ0v) is 5.74. The van der Waals surface area contributed by atoms with Gasteiger partial charge in [-0.25, -0.2) is 4.79 Å². The molecule has 10 heavy (non-hydrogen) atoms. The second kappa shape index (κ2) is 7.77. The second-order valence-electron chi connectivity index (χ2n) is 1.34. The summed E-state index contributed by atoms with van der Waals surface area (Å²) in [6.07, 6.45) is 1.44. The Hall–Kier alpha value is -1.23. The number of hydrogen-bond acceptors (Lipinski definition) is 3. The topological polar surface area (TPSA) is 110 Å². The molecule has 0 heterocycles. The number of aliphatic hydroxyl groups is 2. The van der Waals surface area contributed by atoms with Crippen molar-refractivity contribution in [3.8, 4) is 0 Å². The average molecular weight is 148 g/mol. The zero-order valence-electron chi connectivity index (χ0n) is 5.74. The zero-order chi connectivity index (χ0) is 8.57. The van der Waals surface area contributed by atoms with Gasteiger partial charge in [0, 0.05) is 0 Å². The molecular weight excluding hydrogens is 136 g/mol. The number of rotatable bonds is 1. The van der Waals surface area contributed by atoms with Gasteiger partial charge >= 0.3 is 6.03 Å². The Bertz CT molecular complexity index is 118. The van der Waals surface area contributed by atoms with Gasteiger partial charge in [0.25, 0.3) is 0 Å². The lowest BCUT2D eigenvalue weighted by atomic mass is 10.5. The summed E-state index contributed by atoms with van der Waals surface area (Å²) in [7, 11) is 0. The Morgan fingerprint density at radius 2 is 1.90 bits per heavy atom. The third-order valence-corrected chi connectivity index (χ3v) is 0.495. The Morgan fingerprint density at radius 1 is 1.60 bits per heavy atom. The van der Waals surface area contributed by atoms with E-state index in [2.05, 4.69) is 11.5 Å². The van der Waals surface area contributed by atoms with Crippen molar-refractivity contribution >= 4 is 6.03 Å². The monoisotopic (exact) mass is 148 g/mol. The Kier molecular flexibility index (Phi) is 8.98. The van der Waals surface area contributed by atoms with E-state index in [0.717, 1.165) is 0 Å². The van der Waals surface area contributed by atoms with Crippen LogP contribution in [0.1, 0.15) is 6.92 Å².